The van der Waals surface area contributed by atoms with Crippen LogP contribution in [0.3, 0.4) is 0 Å². The molecule has 0 amide bonds. The average Bonchev–Trinajstić information content (AvgIpc) is 3.00. The van der Waals surface area contributed by atoms with Gasteiger partial charge in [-0.3, -0.25) is 14.1 Å². The Labute approximate surface area is 276 Å². The topological polar surface area (TPSA) is 186 Å². The Morgan fingerprint density at radius 3 is 1.59 bits per heavy atom. The fraction of sp³-hybridized carbons (Fsp3) is 0.939. The monoisotopic (exact) mass is 682 g/mol. The van der Waals surface area contributed by atoms with E-state index in [2.05, 4.69) is 13.8 Å². The van der Waals surface area contributed by atoms with Crippen LogP contribution in [0.15, 0.2) is 0 Å². The van der Waals surface area contributed by atoms with Crippen molar-refractivity contribution in [1.82, 2.24) is 0 Å². The second-order valence-electron chi connectivity index (χ2n) is 12.5. The van der Waals surface area contributed by atoms with Gasteiger partial charge < -0.3 is 34.3 Å². The zero-order valence-corrected chi connectivity index (χ0v) is 29.0. The van der Waals surface area contributed by atoms with E-state index in [1.54, 1.807) is 0 Å². The summed E-state index contributed by atoms with van der Waals surface area (Å²) in [6, 6.07) is 0. The first-order valence-electron chi connectivity index (χ1n) is 17.6. The molecule has 6 atom stereocenters. The Bertz CT molecular complexity index is 899. The van der Waals surface area contributed by atoms with E-state index in [0.29, 0.717) is 12.8 Å². The van der Waals surface area contributed by atoms with E-state index >= 15 is 0 Å². The predicted octanol–water partition coefficient (Wildman–Crippen LogP) is 5.00. The van der Waals surface area contributed by atoms with Crippen LogP contribution >= 0.6 is 0 Å². The second kappa shape index (κ2) is 25.6. The highest BCUT2D eigenvalue weighted by Gasteiger charge is 2.46. The molecule has 0 aromatic carbocycles. The van der Waals surface area contributed by atoms with Crippen molar-refractivity contribution in [3.63, 3.8) is 0 Å². The molecular formula is C33H62O12S. The number of esters is 2. The molecule has 1 saturated heterocycles. The number of hydrogen-bond acceptors (Lipinski definition) is 11. The molecule has 1 aliphatic heterocycles. The highest BCUT2D eigenvalue weighted by molar-refractivity contribution is 7.85. The minimum atomic E-state index is -4.59. The summed E-state index contributed by atoms with van der Waals surface area (Å²) in [6.07, 6.45) is 10.5. The molecule has 13 heteroatoms. The van der Waals surface area contributed by atoms with Crippen molar-refractivity contribution in [3.8, 4) is 0 Å². The summed E-state index contributed by atoms with van der Waals surface area (Å²) >= 11 is 0. The molecule has 46 heavy (non-hydrogen) atoms. The molecule has 1 aliphatic rings. The Kier molecular flexibility index (Phi) is 23.8. The van der Waals surface area contributed by atoms with Crippen LogP contribution in [0.2, 0.25) is 0 Å². The van der Waals surface area contributed by atoms with Crippen molar-refractivity contribution in [2.45, 2.75) is 179 Å². The maximum Gasteiger partial charge on any atom is 0.306 e. The summed E-state index contributed by atoms with van der Waals surface area (Å²) in [4.78, 5) is 25.0. The van der Waals surface area contributed by atoms with Gasteiger partial charge in [-0.05, 0) is 12.8 Å². The molecule has 0 aromatic heterocycles. The predicted molar refractivity (Wildman–Crippen MR) is 174 cm³/mol. The van der Waals surface area contributed by atoms with Crippen molar-refractivity contribution in [3.05, 3.63) is 0 Å². The van der Waals surface area contributed by atoms with Gasteiger partial charge in [0.25, 0.3) is 10.1 Å². The molecule has 272 valence electrons. The molecule has 0 bridgehead atoms. The first-order chi connectivity index (χ1) is 22.0. The zero-order valence-electron chi connectivity index (χ0n) is 28.2. The van der Waals surface area contributed by atoms with Crippen molar-refractivity contribution < 1.29 is 56.8 Å². The zero-order chi connectivity index (χ0) is 34.2. The van der Waals surface area contributed by atoms with E-state index in [9.17, 15) is 33.3 Å². The molecule has 0 aromatic rings. The molecule has 0 saturated carbocycles. The van der Waals surface area contributed by atoms with Crippen molar-refractivity contribution in [2.75, 3.05) is 19.0 Å². The Hall–Kier alpha value is -1.35. The highest BCUT2D eigenvalue weighted by Crippen LogP contribution is 2.24. The molecule has 0 spiro atoms. The van der Waals surface area contributed by atoms with Crippen LogP contribution < -0.4 is 0 Å². The lowest BCUT2D eigenvalue weighted by Crippen LogP contribution is -2.60. The van der Waals surface area contributed by atoms with Gasteiger partial charge in [-0.1, -0.05) is 117 Å². The summed E-state index contributed by atoms with van der Waals surface area (Å²) in [7, 11) is -4.59. The molecular weight excluding hydrogens is 620 g/mol. The van der Waals surface area contributed by atoms with Gasteiger partial charge in [0, 0.05) is 12.8 Å². The SMILES string of the molecule is CCCCCCCCCCCC(=O)OC[C@@H](CO[C@H]1O[C@H](CS(=O)(=O)O)[C@@H](O)[C@H](O)[C@H]1O)OC(=O)CCCCCCCCCCC. The van der Waals surface area contributed by atoms with Gasteiger partial charge in [-0.2, -0.15) is 8.42 Å². The number of rotatable bonds is 28. The quantitative estimate of drug-likeness (QED) is 0.0493. The van der Waals surface area contributed by atoms with E-state index in [-0.39, 0.29) is 19.4 Å². The Morgan fingerprint density at radius 2 is 1.11 bits per heavy atom. The molecule has 0 radical (unpaired) electrons. The normalized spacial score (nSPS) is 22.4. The van der Waals surface area contributed by atoms with Gasteiger partial charge >= 0.3 is 11.9 Å². The number of unbranched alkanes of at least 4 members (excludes halogenated alkanes) is 16. The smallest absolute Gasteiger partial charge is 0.306 e. The molecule has 12 nitrogen and oxygen atoms in total. The lowest BCUT2D eigenvalue weighted by atomic mass is 10.00. The van der Waals surface area contributed by atoms with Crippen LogP contribution in [0.5, 0.6) is 0 Å². The van der Waals surface area contributed by atoms with Crippen molar-refractivity contribution in [1.29, 1.82) is 0 Å². The lowest BCUT2D eigenvalue weighted by Gasteiger charge is -2.40. The van der Waals surface area contributed by atoms with Crippen molar-refractivity contribution in [2.24, 2.45) is 0 Å². The van der Waals surface area contributed by atoms with Gasteiger partial charge in [0.05, 0.1) is 6.61 Å². The molecule has 0 unspecified atom stereocenters. The largest absolute Gasteiger partial charge is 0.462 e. The number of hydrogen-bond donors (Lipinski definition) is 4. The Morgan fingerprint density at radius 1 is 0.652 bits per heavy atom. The average molecular weight is 683 g/mol. The standard InChI is InChI=1S/C33H62O12S/c1-3-5-7-9-11-13-15-17-19-21-28(34)42-23-26(44-29(35)22-20-18-16-14-12-10-8-6-4-2)24-43-33-32(38)31(37)30(36)27(45-33)25-46(39,40)41/h26-27,30-33,36-38H,3-25H2,1-2H3,(H,39,40,41)/t26-,27+,30+,31-,32+,33-/m0/s1. The first-order valence-corrected chi connectivity index (χ1v) is 19.2. The number of aliphatic hydroxyl groups is 3. The fourth-order valence-corrected chi connectivity index (χ4v) is 6.07. The summed E-state index contributed by atoms with van der Waals surface area (Å²) in [5.41, 5.74) is 0. The van der Waals surface area contributed by atoms with E-state index in [4.69, 9.17) is 23.5 Å². The van der Waals surface area contributed by atoms with Gasteiger partial charge in [-0.25, -0.2) is 0 Å². The van der Waals surface area contributed by atoms with Gasteiger partial charge in [-0.15, -0.1) is 0 Å². The van der Waals surface area contributed by atoms with Gasteiger partial charge in [0.15, 0.2) is 12.4 Å². The van der Waals surface area contributed by atoms with Gasteiger partial charge in [0.1, 0.15) is 36.8 Å². The van der Waals surface area contributed by atoms with Crippen LogP contribution in [0.4, 0.5) is 0 Å². The summed E-state index contributed by atoms with van der Waals surface area (Å²) in [5.74, 6) is -1.98. The molecule has 0 aliphatic carbocycles. The van der Waals surface area contributed by atoms with E-state index in [0.717, 1.165) is 38.5 Å². The third-order valence-electron chi connectivity index (χ3n) is 8.19. The molecule has 1 heterocycles. The van der Waals surface area contributed by atoms with E-state index in [1.165, 1.54) is 64.2 Å². The number of ether oxygens (including phenoxy) is 4. The Balaban J connectivity index is 2.58. The summed E-state index contributed by atoms with van der Waals surface area (Å²) in [6.45, 7) is 3.67. The maximum absolute atomic E-state index is 12.6. The van der Waals surface area contributed by atoms with Crippen molar-refractivity contribution >= 4 is 22.1 Å². The summed E-state index contributed by atoms with van der Waals surface area (Å²) < 4.78 is 53.5. The minimum Gasteiger partial charge on any atom is -0.462 e. The highest BCUT2D eigenvalue weighted by atomic mass is 32.2. The fourth-order valence-electron chi connectivity index (χ4n) is 5.38. The minimum absolute atomic E-state index is 0.169. The maximum atomic E-state index is 12.6. The molecule has 1 fully saturated rings. The van der Waals surface area contributed by atoms with Crippen LogP contribution in [0.1, 0.15) is 142 Å². The third-order valence-corrected chi connectivity index (χ3v) is 8.94. The van der Waals surface area contributed by atoms with Crippen LogP contribution in [0, 0.1) is 0 Å². The number of carbonyl (C=O) groups excluding carboxylic acids is 2. The van der Waals surface area contributed by atoms with E-state index < -0.39 is 71.2 Å². The van der Waals surface area contributed by atoms with E-state index in [1.807, 2.05) is 0 Å². The molecule has 1 rings (SSSR count). The lowest BCUT2D eigenvalue weighted by molar-refractivity contribution is -0.297. The number of aliphatic hydroxyl groups excluding tert-OH is 3. The third kappa shape index (κ3) is 20.8. The van der Waals surface area contributed by atoms with Crippen LogP contribution in [0.25, 0.3) is 0 Å². The van der Waals surface area contributed by atoms with Crippen LogP contribution in [-0.4, -0.2) is 96.0 Å². The first kappa shape index (κ1) is 42.7. The van der Waals surface area contributed by atoms with Gasteiger partial charge in [0.2, 0.25) is 0 Å². The van der Waals surface area contributed by atoms with Crippen LogP contribution in [-0.2, 0) is 38.7 Å². The number of carbonyl (C=O) groups is 2. The summed E-state index contributed by atoms with van der Waals surface area (Å²) in [5, 5.41) is 30.6. The molecule has 4 N–H and O–H groups in total. The second-order valence-corrected chi connectivity index (χ2v) is 14.0.